The first-order valence-corrected chi connectivity index (χ1v) is 6.13. The van der Waals surface area contributed by atoms with Crippen LogP contribution in [0, 0.1) is 0 Å². The van der Waals surface area contributed by atoms with Crippen LogP contribution in [0.15, 0.2) is 28.7 Å². The summed E-state index contributed by atoms with van der Waals surface area (Å²) in [6.45, 7) is 1.79. The molecule has 0 saturated carbocycles. The second-order valence-electron chi connectivity index (χ2n) is 3.93. The normalized spacial score (nSPS) is 16.6. The Morgan fingerprint density at radius 3 is 2.38 bits per heavy atom. The third kappa shape index (κ3) is 3.74. The first-order chi connectivity index (χ1) is 7.27. The van der Waals surface area contributed by atoms with Gasteiger partial charge in [0.1, 0.15) is 0 Å². The predicted molar refractivity (Wildman–Crippen MR) is 67.5 cm³/mol. The van der Waals surface area contributed by atoms with Crippen molar-refractivity contribution in [1.82, 2.24) is 0 Å². The molecule has 1 aromatic rings. The van der Waals surface area contributed by atoms with Crippen LogP contribution in [0.3, 0.4) is 0 Å². The summed E-state index contributed by atoms with van der Waals surface area (Å²) in [5, 5.41) is 0. The van der Waals surface area contributed by atoms with Crippen molar-refractivity contribution >= 4 is 21.6 Å². The summed E-state index contributed by atoms with van der Waals surface area (Å²) in [4.78, 5) is 2.36. The van der Waals surface area contributed by atoms with Crippen LogP contribution in [0.4, 0.5) is 5.69 Å². The van der Waals surface area contributed by atoms with Crippen LogP contribution in [0.5, 0.6) is 0 Å². The van der Waals surface area contributed by atoms with E-state index < -0.39 is 0 Å². The molecule has 0 atom stereocenters. The molecule has 1 aliphatic rings. The molecule has 16 heavy (non-hydrogen) atoms. The Hall–Kier alpha value is 0.460. The second kappa shape index (κ2) is 7.02. The Kier molecular flexibility index (Phi) is 6.37. The van der Waals surface area contributed by atoms with E-state index in [2.05, 4.69) is 52.1 Å². The molecule has 84 valence electrons. The fourth-order valence-electron chi connectivity index (χ4n) is 1.96. The summed E-state index contributed by atoms with van der Waals surface area (Å²) in [6, 6.07) is 9.11. The van der Waals surface area contributed by atoms with Gasteiger partial charge in [-0.15, -0.1) is 0 Å². The number of halogens is 1. The molecule has 1 aromatic carbocycles. The molecule has 2 rings (SSSR count). The Balaban J connectivity index is 0.00000128. The first-order valence-electron chi connectivity index (χ1n) is 5.33. The predicted octanol–water partition coefficient (Wildman–Crippen LogP) is 0.181. The molecule has 2 nitrogen and oxygen atoms in total. The van der Waals surface area contributed by atoms with Crippen LogP contribution in [0.1, 0.15) is 14.3 Å². The summed E-state index contributed by atoms with van der Waals surface area (Å²) < 4.78 is 6.50. The fourth-order valence-corrected chi connectivity index (χ4v) is 2.22. The van der Waals surface area contributed by atoms with E-state index >= 15 is 0 Å². The van der Waals surface area contributed by atoms with Gasteiger partial charge in [-0.05, 0) is 37.1 Å². The van der Waals surface area contributed by atoms with Crippen molar-refractivity contribution in [2.75, 3.05) is 25.2 Å². The quantitative estimate of drug-likeness (QED) is 0.722. The Morgan fingerprint density at radius 1 is 1.25 bits per heavy atom. The van der Waals surface area contributed by atoms with Gasteiger partial charge >= 0.3 is 29.6 Å². The molecule has 0 bridgehead atoms. The standard InChI is InChI=1S/C12H16BrNO.Na.H/c1-14(12-6-8-15-9-7-12)11-4-2-10(13)3-5-11;;/h2-5,12H,6-9H2,1H3;;/q;+1;-1. The molecule has 1 heterocycles. The van der Waals surface area contributed by atoms with Gasteiger partial charge in [0, 0.05) is 36.5 Å². The molecule has 0 spiro atoms. The average Bonchev–Trinajstić information content (AvgIpc) is 2.30. The molecule has 4 heteroatoms. The number of benzene rings is 1. The van der Waals surface area contributed by atoms with Gasteiger partial charge in [-0.25, -0.2) is 0 Å². The second-order valence-corrected chi connectivity index (χ2v) is 4.85. The molecular weight excluding hydrogens is 277 g/mol. The maximum atomic E-state index is 5.37. The number of hydrogen-bond acceptors (Lipinski definition) is 2. The molecule has 1 saturated heterocycles. The third-order valence-corrected chi connectivity index (χ3v) is 3.50. The van der Waals surface area contributed by atoms with Crippen LogP contribution >= 0.6 is 15.9 Å². The minimum absolute atomic E-state index is 0. The van der Waals surface area contributed by atoms with Crippen molar-refractivity contribution in [2.45, 2.75) is 18.9 Å². The van der Waals surface area contributed by atoms with Gasteiger partial charge in [-0.3, -0.25) is 0 Å². The van der Waals surface area contributed by atoms with Crippen molar-refractivity contribution in [3.8, 4) is 0 Å². The molecule has 0 aromatic heterocycles. The van der Waals surface area contributed by atoms with E-state index in [1.165, 1.54) is 5.69 Å². The topological polar surface area (TPSA) is 12.5 Å². The molecule has 0 N–H and O–H groups in total. The smallest absolute Gasteiger partial charge is 1.00 e. The van der Waals surface area contributed by atoms with E-state index in [0.29, 0.717) is 6.04 Å². The van der Waals surface area contributed by atoms with Crippen molar-refractivity contribution in [3.63, 3.8) is 0 Å². The van der Waals surface area contributed by atoms with Crippen molar-refractivity contribution in [3.05, 3.63) is 28.7 Å². The van der Waals surface area contributed by atoms with E-state index in [9.17, 15) is 0 Å². The van der Waals surface area contributed by atoms with E-state index in [4.69, 9.17) is 4.74 Å². The van der Waals surface area contributed by atoms with Crippen molar-refractivity contribution in [1.29, 1.82) is 0 Å². The minimum Gasteiger partial charge on any atom is -1.00 e. The summed E-state index contributed by atoms with van der Waals surface area (Å²) in [6.07, 6.45) is 2.26. The van der Waals surface area contributed by atoms with Crippen LogP contribution in [0.25, 0.3) is 0 Å². The maximum Gasteiger partial charge on any atom is 1.00 e. The first kappa shape index (κ1) is 14.5. The number of rotatable bonds is 2. The molecule has 1 fully saturated rings. The van der Waals surface area contributed by atoms with Gasteiger partial charge in [0.25, 0.3) is 0 Å². The van der Waals surface area contributed by atoms with Crippen LogP contribution < -0.4 is 34.5 Å². The summed E-state index contributed by atoms with van der Waals surface area (Å²) in [5.74, 6) is 0. The van der Waals surface area contributed by atoms with Gasteiger partial charge in [0.05, 0.1) is 0 Å². The van der Waals surface area contributed by atoms with Crippen molar-refractivity contribution < 1.29 is 35.7 Å². The van der Waals surface area contributed by atoms with Crippen LogP contribution in [-0.2, 0) is 4.74 Å². The zero-order valence-corrected chi connectivity index (χ0v) is 13.5. The maximum absolute atomic E-state index is 5.37. The van der Waals surface area contributed by atoms with E-state index in [1.807, 2.05) is 0 Å². The van der Waals surface area contributed by atoms with Gasteiger partial charge in [0.2, 0.25) is 0 Å². The molecule has 0 radical (unpaired) electrons. The third-order valence-electron chi connectivity index (χ3n) is 2.97. The van der Waals surface area contributed by atoms with Crippen LogP contribution in [-0.4, -0.2) is 26.3 Å². The number of ether oxygens (including phenoxy) is 1. The monoisotopic (exact) mass is 293 g/mol. The summed E-state index contributed by atoms with van der Waals surface area (Å²) in [7, 11) is 2.17. The summed E-state index contributed by atoms with van der Waals surface area (Å²) in [5.41, 5.74) is 1.28. The number of nitrogens with zero attached hydrogens (tertiary/aromatic N) is 1. The SMILES string of the molecule is CN(c1ccc(Br)cc1)C1CCOCC1.[H-].[Na+]. The Morgan fingerprint density at radius 2 is 1.81 bits per heavy atom. The van der Waals surface area contributed by atoms with E-state index in [0.717, 1.165) is 30.5 Å². The molecule has 0 amide bonds. The average molecular weight is 294 g/mol. The minimum atomic E-state index is 0. The largest absolute Gasteiger partial charge is 1.00 e. The zero-order valence-electron chi connectivity index (χ0n) is 10.9. The Bertz CT molecular complexity index is 317. The summed E-state index contributed by atoms with van der Waals surface area (Å²) >= 11 is 3.45. The fraction of sp³-hybridized carbons (Fsp3) is 0.500. The van der Waals surface area contributed by atoms with Gasteiger partial charge in [-0.1, -0.05) is 15.9 Å². The van der Waals surface area contributed by atoms with Crippen molar-refractivity contribution in [2.24, 2.45) is 0 Å². The number of hydrogen-bond donors (Lipinski definition) is 0. The molecule has 0 aliphatic carbocycles. The zero-order chi connectivity index (χ0) is 10.7. The van der Waals surface area contributed by atoms with Gasteiger partial charge in [0.15, 0.2) is 0 Å². The molecular formula is C12H17BrNNaO. The van der Waals surface area contributed by atoms with Crippen LogP contribution in [0.2, 0.25) is 0 Å². The van der Waals surface area contributed by atoms with Gasteiger partial charge < -0.3 is 11.1 Å². The Labute approximate surface area is 129 Å². The molecule has 0 unspecified atom stereocenters. The number of anilines is 1. The van der Waals surface area contributed by atoms with E-state index in [-0.39, 0.29) is 31.0 Å². The van der Waals surface area contributed by atoms with Gasteiger partial charge in [-0.2, -0.15) is 0 Å². The molecule has 1 aliphatic heterocycles. The van der Waals surface area contributed by atoms with E-state index in [1.54, 1.807) is 0 Å².